The van der Waals surface area contributed by atoms with Crippen molar-refractivity contribution in [1.82, 2.24) is 0 Å². The lowest BCUT2D eigenvalue weighted by atomic mass is 9.47. The maximum Gasteiger partial charge on any atom is 0.172 e. The highest BCUT2D eigenvalue weighted by Crippen LogP contribution is 2.66. The van der Waals surface area contributed by atoms with E-state index in [0.717, 1.165) is 49.7 Å². The molecule has 0 aromatic rings. The lowest BCUT2D eigenvalue weighted by Gasteiger charge is -2.58. The van der Waals surface area contributed by atoms with Crippen LogP contribution in [0.3, 0.4) is 0 Å². The van der Waals surface area contributed by atoms with Crippen LogP contribution in [0.1, 0.15) is 72.1 Å². The number of allylic oxidation sites excluding steroid dienone is 1. The van der Waals surface area contributed by atoms with Gasteiger partial charge in [0.1, 0.15) is 0 Å². The van der Waals surface area contributed by atoms with E-state index in [1.807, 2.05) is 0 Å². The molecule has 0 aromatic heterocycles. The largest absolute Gasteiger partial charge is 0.347 e. The van der Waals surface area contributed by atoms with Gasteiger partial charge in [-0.2, -0.15) is 0 Å². The normalized spacial score (nSPS) is 52.5. The highest BCUT2D eigenvalue weighted by atomic mass is 16.7. The van der Waals surface area contributed by atoms with Crippen LogP contribution in [0.25, 0.3) is 0 Å². The van der Waals surface area contributed by atoms with Crippen molar-refractivity contribution in [2.24, 2.45) is 34.5 Å². The van der Waals surface area contributed by atoms with Gasteiger partial charge < -0.3 is 9.47 Å². The van der Waals surface area contributed by atoms with Gasteiger partial charge in [0, 0.05) is 12.8 Å². The Labute approximate surface area is 147 Å². The first kappa shape index (κ1) is 15.9. The van der Waals surface area contributed by atoms with Crippen LogP contribution in [-0.2, 0) is 9.47 Å². The first-order valence-electron chi connectivity index (χ1n) is 10.4. The predicted molar refractivity (Wildman–Crippen MR) is 95.5 cm³/mol. The second-order valence-corrected chi connectivity index (χ2v) is 10.1. The van der Waals surface area contributed by atoms with Crippen molar-refractivity contribution in [3.05, 3.63) is 11.6 Å². The van der Waals surface area contributed by atoms with Gasteiger partial charge in [0.25, 0.3) is 0 Å². The van der Waals surface area contributed by atoms with Crippen molar-refractivity contribution in [1.29, 1.82) is 0 Å². The summed E-state index contributed by atoms with van der Waals surface area (Å²) in [7, 11) is 0. The molecule has 3 saturated carbocycles. The number of hydrogen-bond donors (Lipinski definition) is 0. The molecule has 2 heteroatoms. The highest BCUT2D eigenvalue weighted by molar-refractivity contribution is 5.26. The van der Waals surface area contributed by atoms with Crippen LogP contribution >= 0.6 is 0 Å². The summed E-state index contributed by atoms with van der Waals surface area (Å²) in [5.41, 5.74) is 2.71. The van der Waals surface area contributed by atoms with Gasteiger partial charge in [-0.05, 0) is 73.0 Å². The summed E-state index contributed by atoms with van der Waals surface area (Å²) >= 11 is 0. The summed E-state index contributed by atoms with van der Waals surface area (Å²) in [6.07, 6.45) is 13.2. The maximum absolute atomic E-state index is 6.05. The minimum absolute atomic E-state index is 0.261. The van der Waals surface area contributed by atoms with Gasteiger partial charge in [-0.1, -0.05) is 32.4 Å². The predicted octanol–water partition coefficient (Wildman–Crippen LogP) is 5.33. The van der Waals surface area contributed by atoms with E-state index in [1.165, 1.54) is 38.5 Å². The topological polar surface area (TPSA) is 18.5 Å². The lowest BCUT2D eigenvalue weighted by Crippen LogP contribution is -2.52. The van der Waals surface area contributed by atoms with Crippen molar-refractivity contribution in [2.75, 3.05) is 13.2 Å². The van der Waals surface area contributed by atoms with Gasteiger partial charge in [0.05, 0.1) is 13.2 Å². The molecule has 4 aliphatic carbocycles. The fourth-order valence-electron chi connectivity index (χ4n) is 7.61. The molecule has 0 radical (unpaired) electrons. The first-order valence-corrected chi connectivity index (χ1v) is 10.4. The molecule has 0 N–H and O–H groups in total. The van der Waals surface area contributed by atoms with E-state index >= 15 is 0 Å². The Bertz CT molecular complexity index is 560. The molecule has 6 atom stereocenters. The molecule has 24 heavy (non-hydrogen) atoms. The molecule has 1 heterocycles. The Morgan fingerprint density at radius 1 is 0.958 bits per heavy atom. The van der Waals surface area contributed by atoms with E-state index in [2.05, 4.69) is 26.8 Å². The van der Waals surface area contributed by atoms with Crippen molar-refractivity contribution in [3.8, 4) is 0 Å². The van der Waals surface area contributed by atoms with Crippen LogP contribution in [0, 0.1) is 34.5 Å². The van der Waals surface area contributed by atoms with Crippen molar-refractivity contribution >= 4 is 0 Å². The van der Waals surface area contributed by atoms with Gasteiger partial charge >= 0.3 is 0 Å². The quantitative estimate of drug-likeness (QED) is 0.559. The van der Waals surface area contributed by atoms with E-state index in [9.17, 15) is 0 Å². The zero-order valence-corrected chi connectivity index (χ0v) is 15.8. The second-order valence-electron chi connectivity index (χ2n) is 10.1. The Morgan fingerprint density at radius 3 is 2.54 bits per heavy atom. The standard InChI is InChI=1S/C22H34O2/c1-15-4-7-18-17-6-5-16-14-22(23-12-13-24-22)11-10-21(16,3)19(17)8-9-20(15,18)2/h5,15,17-19H,4,6-14H2,1-3H3/t15?,17-,18-,19-,20+,21-/m0/s1. The molecule has 2 nitrogen and oxygen atoms in total. The van der Waals surface area contributed by atoms with Crippen LogP contribution < -0.4 is 0 Å². The van der Waals surface area contributed by atoms with Gasteiger partial charge in [0.2, 0.25) is 0 Å². The molecule has 0 aromatic carbocycles. The zero-order valence-electron chi connectivity index (χ0n) is 15.8. The molecule has 5 aliphatic rings. The number of ether oxygens (including phenoxy) is 2. The summed E-state index contributed by atoms with van der Waals surface area (Å²) in [6.45, 7) is 9.29. The molecule has 5 rings (SSSR count). The van der Waals surface area contributed by atoms with Crippen LogP contribution in [0.5, 0.6) is 0 Å². The van der Waals surface area contributed by atoms with Crippen LogP contribution in [0.2, 0.25) is 0 Å². The summed E-state index contributed by atoms with van der Waals surface area (Å²) in [5.74, 6) is 3.47. The number of rotatable bonds is 0. The van der Waals surface area contributed by atoms with Gasteiger partial charge in [0.15, 0.2) is 5.79 Å². The van der Waals surface area contributed by atoms with E-state index in [0.29, 0.717) is 10.8 Å². The molecule has 1 spiro atoms. The van der Waals surface area contributed by atoms with E-state index in [-0.39, 0.29) is 5.79 Å². The summed E-state index contributed by atoms with van der Waals surface area (Å²) in [4.78, 5) is 0. The highest BCUT2D eigenvalue weighted by Gasteiger charge is 2.59. The number of hydrogen-bond acceptors (Lipinski definition) is 2. The fourth-order valence-corrected chi connectivity index (χ4v) is 7.61. The average Bonchev–Trinajstić information content (AvgIpc) is 3.14. The Balaban J connectivity index is 1.46. The minimum Gasteiger partial charge on any atom is -0.347 e. The van der Waals surface area contributed by atoms with Crippen LogP contribution in [0.4, 0.5) is 0 Å². The van der Waals surface area contributed by atoms with Gasteiger partial charge in [-0.3, -0.25) is 0 Å². The molecular formula is C22H34O2. The summed E-state index contributed by atoms with van der Waals surface area (Å²) < 4.78 is 12.1. The molecule has 1 aliphatic heterocycles. The van der Waals surface area contributed by atoms with Crippen molar-refractivity contribution < 1.29 is 9.47 Å². The van der Waals surface area contributed by atoms with Gasteiger partial charge in [-0.15, -0.1) is 0 Å². The average molecular weight is 331 g/mol. The number of fused-ring (bicyclic) bond motifs is 5. The second kappa shape index (κ2) is 5.10. The Hall–Kier alpha value is -0.340. The molecule has 1 unspecified atom stereocenters. The van der Waals surface area contributed by atoms with E-state index in [4.69, 9.17) is 9.47 Å². The molecule has 0 amide bonds. The SMILES string of the molecule is CC1CC[C@H]2[C@@H]3CC=C4CC5(CC[C@]4(C)[C@H]3CC[C@]12C)OCCO5. The molecule has 0 bridgehead atoms. The van der Waals surface area contributed by atoms with Crippen molar-refractivity contribution in [2.45, 2.75) is 77.9 Å². The Kier molecular flexibility index (Phi) is 3.37. The summed E-state index contributed by atoms with van der Waals surface area (Å²) in [6, 6.07) is 0. The van der Waals surface area contributed by atoms with Crippen molar-refractivity contribution in [3.63, 3.8) is 0 Å². The van der Waals surface area contributed by atoms with E-state index < -0.39 is 0 Å². The monoisotopic (exact) mass is 330 g/mol. The first-order chi connectivity index (χ1) is 11.5. The summed E-state index contributed by atoms with van der Waals surface area (Å²) in [5, 5.41) is 0. The lowest BCUT2D eigenvalue weighted by molar-refractivity contribution is -0.185. The third-order valence-corrected chi connectivity index (χ3v) is 9.40. The zero-order chi connectivity index (χ0) is 16.6. The van der Waals surface area contributed by atoms with Crippen LogP contribution in [0.15, 0.2) is 11.6 Å². The Morgan fingerprint density at radius 2 is 1.75 bits per heavy atom. The fraction of sp³-hybridized carbons (Fsp3) is 0.909. The van der Waals surface area contributed by atoms with Gasteiger partial charge in [-0.25, -0.2) is 0 Å². The molecule has 134 valence electrons. The van der Waals surface area contributed by atoms with E-state index in [1.54, 1.807) is 5.57 Å². The third kappa shape index (κ3) is 1.96. The third-order valence-electron chi connectivity index (χ3n) is 9.40. The smallest absolute Gasteiger partial charge is 0.172 e. The maximum atomic E-state index is 6.05. The minimum atomic E-state index is -0.261. The molecule has 4 fully saturated rings. The van der Waals surface area contributed by atoms with Crippen LogP contribution in [-0.4, -0.2) is 19.0 Å². The molecular weight excluding hydrogens is 296 g/mol. The molecule has 1 saturated heterocycles.